The Morgan fingerprint density at radius 3 is 2.52 bits per heavy atom. The Labute approximate surface area is 175 Å². The van der Waals surface area contributed by atoms with Crippen LogP contribution in [0.25, 0.3) is 0 Å². The fraction of sp³-hybridized carbons (Fsp3) is 0.304. The van der Waals surface area contributed by atoms with Crippen molar-refractivity contribution in [1.82, 2.24) is 14.9 Å². The zero-order chi connectivity index (χ0) is 19.8. The van der Waals surface area contributed by atoms with Crippen molar-refractivity contribution in [1.29, 1.82) is 0 Å². The molecule has 29 heavy (non-hydrogen) atoms. The van der Waals surface area contributed by atoms with Gasteiger partial charge in [-0.15, -0.1) is 0 Å². The summed E-state index contributed by atoms with van der Waals surface area (Å²) in [6.07, 6.45) is 8.96. The van der Waals surface area contributed by atoms with Crippen LogP contribution in [-0.4, -0.2) is 14.7 Å². The minimum atomic E-state index is -0.251. The Hall–Kier alpha value is -2.73. The molecule has 3 heterocycles. The molecule has 1 aliphatic carbocycles. The number of aromatic nitrogens is 2. The maximum atomic E-state index is 13.6. The zero-order valence-corrected chi connectivity index (χ0v) is 16.9. The average molecular weight is 407 g/mol. The van der Waals surface area contributed by atoms with Crippen molar-refractivity contribution in [2.24, 2.45) is 0 Å². The first-order valence-corrected chi connectivity index (χ1v) is 10.6. The second-order valence-electron chi connectivity index (χ2n) is 7.75. The average Bonchev–Trinajstić information content (AvgIpc) is 3.48. The van der Waals surface area contributed by atoms with Gasteiger partial charge in [-0.1, -0.05) is 18.9 Å². The van der Waals surface area contributed by atoms with Gasteiger partial charge in [0, 0.05) is 29.8 Å². The van der Waals surface area contributed by atoms with Crippen LogP contribution in [-0.2, 0) is 0 Å². The number of thiocarbonyl (C=S) groups is 1. The number of nitrogens with zero attached hydrogens (tertiary/aromatic N) is 3. The van der Waals surface area contributed by atoms with Gasteiger partial charge in [0.05, 0.1) is 11.7 Å². The lowest BCUT2D eigenvalue weighted by molar-refractivity contribution is 0.461. The highest BCUT2D eigenvalue weighted by molar-refractivity contribution is 7.80. The number of pyridine rings is 1. The monoisotopic (exact) mass is 406 g/mol. The molecule has 2 aromatic heterocycles. The van der Waals surface area contributed by atoms with E-state index >= 15 is 0 Å². The van der Waals surface area contributed by atoms with Gasteiger partial charge in [0.2, 0.25) is 0 Å². The Morgan fingerprint density at radius 1 is 1.00 bits per heavy atom. The molecule has 1 saturated carbocycles. The van der Waals surface area contributed by atoms with Gasteiger partial charge >= 0.3 is 0 Å². The molecule has 2 unspecified atom stereocenters. The molecular weight excluding hydrogens is 383 g/mol. The lowest BCUT2D eigenvalue weighted by Crippen LogP contribution is -2.30. The van der Waals surface area contributed by atoms with Crippen molar-refractivity contribution in [3.8, 4) is 0 Å². The molecule has 6 heteroatoms. The highest BCUT2D eigenvalue weighted by atomic mass is 32.1. The van der Waals surface area contributed by atoms with Gasteiger partial charge in [0.25, 0.3) is 0 Å². The molecule has 1 N–H and O–H groups in total. The maximum absolute atomic E-state index is 13.6. The van der Waals surface area contributed by atoms with Crippen molar-refractivity contribution in [3.63, 3.8) is 0 Å². The number of halogens is 1. The Morgan fingerprint density at radius 2 is 1.79 bits per heavy atom. The molecule has 2 aliphatic rings. The third kappa shape index (κ3) is 3.31. The molecule has 4 nitrogen and oxygen atoms in total. The number of benzene rings is 1. The van der Waals surface area contributed by atoms with E-state index < -0.39 is 0 Å². The molecule has 0 bridgehead atoms. The van der Waals surface area contributed by atoms with E-state index in [0.717, 1.165) is 11.4 Å². The van der Waals surface area contributed by atoms with Crippen LogP contribution in [0.2, 0.25) is 0 Å². The minimum absolute atomic E-state index is 0.0570. The van der Waals surface area contributed by atoms with Crippen LogP contribution < -0.4 is 10.2 Å². The molecule has 0 radical (unpaired) electrons. The quantitative estimate of drug-likeness (QED) is 0.595. The summed E-state index contributed by atoms with van der Waals surface area (Å²) in [6, 6.07) is 17.2. The van der Waals surface area contributed by atoms with Crippen LogP contribution in [0.3, 0.4) is 0 Å². The van der Waals surface area contributed by atoms with E-state index in [0.29, 0.717) is 11.2 Å². The number of nitrogens with one attached hydrogen (secondary N) is 1. The lowest BCUT2D eigenvalue weighted by atomic mass is 10.00. The molecule has 2 atom stereocenters. The van der Waals surface area contributed by atoms with Gasteiger partial charge in [0.15, 0.2) is 5.11 Å². The molecule has 3 aromatic rings. The number of rotatable bonds is 4. The van der Waals surface area contributed by atoms with E-state index in [9.17, 15) is 4.39 Å². The van der Waals surface area contributed by atoms with Crippen molar-refractivity contribution in [2.75, 3.05) is 4.90 Å². The van der Waals surface area contributed by atoms with E-state index in [1.54, 1.807) is 12.1 Å². The predicted octanol–water partition coefficient (Wildman–Crippen LogP) is 5.31. The van der Waals surface area contributed by atoms with E-state index in [1.807, 2.05) is 24.4 Å². The SMILES string of the molecule is Fc1ccc(N2C(=S)NC(c3ccccn3)C2c2cccn2C2CCCC2)cc1. The normalized spacial score (nSPS) is 22.2. The predicted molar refractivity (Wildman–Crippen MR) is 116 cm³/mol. The number of anilines is 1. The number of hydrogen-bond donors (Lipinski definition) is 1. The summed E-state index contributed by atoms with van der Waals surface area (Å²) in [5.41, 5.74) is 3.04. The van der Waals surface area contributed by atoms with Gasteiger partial charge < -0.3 is 14.8 Å². The molecule has 1 aliphatic heterocycles. The highest BCUT2D eigenvalue weighted by Gasteiger charge is 2.42. The Bertz CT molecular complexity index is 995. The van der Waals surface area contributed by atoms with E-state index in [-0.39, 0.29) is 17.9 Å². The van der Waals surface area contributed by atoms with E-state index in [4.69, 9.17) is 12.2 Å². The second-order valence-corrected chi connectivity index (χ2v) is 8.14. The van der Waals surface area contributed by atoms with Gasteiger partial charge in [-0.25, -0.2) is 4.39 Å². The fourth-order valence-electron chi connectivity index (χ4n) is 4.71. The molecule has 0 amide bonds. The Balaban J connectivity index is 1.62. The number of hydrogen-bond acceptors (Lipinski definition) is 2. The molecule has 0 spiro atoms. The third-order valence-electron chi connectivity index (χ3n) is 6.04. The van der Waals surface area contributed by atoms with Gasteiger partial charge in [-0.05, 0) is 73.6 Å². The molecule has 148 valence electrons. The van der Waals surface area contributed by atoms with Gasteiger partial charge in [-0.2, -0.15) is 0 Å². The van der Waals surface area contributed by atoms with Gasteiger partial charge in [-0.3, -0.25) is 4.98 Å². The first-order chi connectivity index (χ1) is 14.2. The summed E-state index contributed by atoms with van der Waals surface area (Å²) < 4.78 is 16.0. The van der Waals surface area contributed by atoms with Crippen molar-refractivity contribution in [2.45, 2.75) is 43.8 Å². The second kappa shape index (κ2) is 7.59. The first kappa shape index (κ1) is 18.3. The summed E-state index contributed by atoms with van der Waals surface area (Å²) in [7, 11) is 0. The fourth-order valence-corrected chi connectivity index (χ4v) is 5.05. The largest absolute Gasteiger partial charge is 0.351 e. The van der Waals surface area contributed by atoms with Crippen LogP contribution >= 0.6 is 12.2 Å². The molecule has 1 saturated heterocycles. The zero-order valence-electron chi connectivity index (χ0n) is 16.0. The molecule has 2 fully saturated rings. The minimum Gasteiger partial charge on any atom is -0.351 e. The standard InChI is InChI=1S/C23H23FN4S/c24-16-10-12-18(13-11-16)28-22(20-9-5-15-27(20)17-6-1-2-7-17)21(26-23(28)29)19-8-3-4-14-25-19/h3-5,8-15,17,21-22H,1-2,6-7H2,(H,26,29). The van der Waals surface area contributed by atoms with Crippen molar-refractivity contribution in [3.05, 3.63) is 84.2 Å². The van der Waals surface area contributed by atoms with Crippen LogP contribution in [0.5, 0.6) is 0 Å². The van der Waals surface area contributed by atoms with Crippen LogP contribution in [0, 0.1) is 5.82 Å². The molecule has 1 aromatic carbocycles. The summed E-state index contributed by atoms with van der Waals surface area (Å²) in [6.45, 7) is 0. The molecule has 5 rings (SSSR count). The third-order valence-corrected chi connectivity index (χ3v) is 6.35. The first-order valence-electron chi connectivity index (χ1n) is 10.2. The summed E-state index contributed by atoms with van der Waals surface area (Å²) in [4.78, 5) is 6.71. The Kier molecular flexibility index (Phi) is 4.79. The van der Waals surface area contributed by atoms with Gasteiger partial charge in [0.1, 0.15) is 11.9 Å². The summed E-state index contributed by atoms with van der Waals surface area (Å²) in [5, 5.41) is 4.11. The van der Waals surface area contributed by atoms with Crippen molar-refractivity contribution < 1.29 is 4.39 Å². The van der Waals surface area contributed by atoms with E-state index in [1.165, 1.54) is 43.5 Å². The smallest absolute Gasteiger partial charge is 0.174 e. The summed E-state index contributed by atoms with van der Waals surface area (Å²) >= 11 is 5.75. The van der Waals surface area contributed by atoms with Crippen LogP contribution in [0.1, 0.15) is 55.2 Å². The topological polar surface area (TPSA) is 33.1 Å². The van der Waals surface area contributed by atoms with E-state index in [2.05, 4.69) is 38.1 Å². The summed E-state index contributed by atoms with van der Waals surface area (Å²) in [5.74, 6) is -0.251. The lowest BCUT2D eigenvalue weighted by Gasteiger charge is -2.30. The highest BCUT2D eigenvalue weighted by Crippen LogP contribution is 2.43. The van der Waals surface area contributed by atoms with Crippen LogP contribution in [0.4, 0.5) is 10.1 Å². The van der Waals surface area contributed by atoms with Crippen molar-refractivity contribution >= 4 is 23.0 Å². The maximum Gasteiger partial charge on any atom is 0.174 e. The van der Waals surface area contributed by atoms with Crippen LogP contribution in [0.15, 0.2) is 67.0 Å². The molecular formula is C23H23FN4S.